The normalized spacial score (nSPS) is 10.1. The van der Waals surface area contributed by atoms with Crippen LogP contribution < -0.4 is 10.1 Å². The monoisotopic (exact) mass is 357 g/mol. The zero-order chi connectivity index (χ0) is 19.1. The van der Waals surface area contributed by atoms with E-state index in [0.29, 0.717) is 11.4 Å². The van der Waals surface area contributed by atoms with Crippen LogP contribution in [0.2, 0.25) is 0 Å². The lowest BCUT2D eigenvalue weighted by atomic mass is 10.1. The van der Waals surface area contributed by atoms with Gasteiger partial charge in [-0.3, -0.25) is 19.7 Å². The molecule has 0 atom stereocenters. The van der Waals surface area contributed by atoms with Crippen LogP contribution in [-0.2, 0) is 4.79 Å². The molecule has 0 aliphatic carbocycles. The maximum atomic E-state index is 12.6. The number of nitrogens with zero attached hydrogens (tertiary/aromatic N) is 2. The number of nitro benzene ring substituents is 1. The largest absolute Gasteiger partial charge is 0.497 e. The molecule has 0 heterocycles. The summed E-state index contributed by atoms with van der Waals surface area (Å²) < 4.78 is 5.09. The van der Waals surface area contributed by atoms with Gasteiger partial charge in [-0.25, -0.2) is 0 Å². The number of amides is 2. The van der Waals surface area contributed by atoms with Crippen LogP contribution in [0.5, 0.6) is 5.75 Å². The number of hydrogen-bond donors (Lipinski definition) is 1. The number of ether oxygens (including phenoxy) is 1. The van der Waals surface area contributed by atoms with Gasteiger partial charge in [-0.2, -0.15) is 0 Å². The predicted molar refractivity (Wildman–Crippen MR) is 96.3 cm³/mol. The van der Waals surface area contributed by atoms with Crippen molar-refractivity contribution >= 4 is 23.2 Å². The fourth-order valence-corrected chi connectivity index (χ4v) is 2.39. The third kappa shape index (κ3) is 4.56. The topological polar surface area (TPSA) is 102 Å². The summed E-state index contributed by atoms with van der Waals surface area (Å²) in [5, 5.41) is 13.8. The van der Waals surface area contributed by atoms with Crippen LogP contribution >= 0.6 is 0 Å². The Morgan fingerprint density at radius 1 is 1.19 bits per heavy atom. The molecule has 2 amide bonds. The summed E-state index contributed by atoms with van der Waals surface area (Å²) in [4.78, 5) is 36.6. The van der Waals surface area contributed by atoms with Crippen LogP contribution in [0, 0.1) is 10.1 Å². The Labute approximate surface area is 150 Å². The first kappa shape index (κ1) is 18.9. The van der Waals surface area contributed by atoms with E-state index in [1.807, 2.05) is 0 Å². The predicted octanol–water partition coefficient (Wildman–Crippen LogP) is 2.70. The molecule has 0 bridgehead atoms. The number of benzene rings is 2. The quantitative estimate of drug-likeness (QED) is 0.606. The van der Waals surface area contributed by atoms with Crippen LogP contribution in [0.1, 0.15) is 17.3 Å². The first-order valence-corrected chi connectivity index (χ1v) is 7.92. The summed E-state index contributed by atoms with van der Waals surface area (Å²) in [5.41, 5.74) is 0.196. The summed E-state index contributed by atoms with van der Waals surface area (Å²) in [6.45, 7) is 1.71. The van der Waals surface area contributed by atoms with Gasteiger partial charge in [0.15, 0.2) is 0 Å². The van der Waals surface area contributed by atoms with Crippen molar-refractivity contribution in [2.45, 2.75) is 6.92 Å². The number of rotatable bonds is 7. The van der Waals surface area contributed by atoms with Gasteiger partial charge in [0.1, 0.15) is 17.9 Å². The Morgan fingerprint density at radius 3 is 2.58 bits per heavy atom. The van der Waals surface area contributed by atoms with Crippen molar-refractivity contribution < 1.29 is 19.2 Å². The summed E-state index contributed by atoms with van der Waals surface area (Å²) in [6.07, 6.45) is 0. The lowest BCUT2D eigenvalue weighted by molar-refractivity contribution is -0.385. The van der Waals surface area contributed by atoms with Crippen LogP contribution in [0.15, 0.2) is 48.5 Å². The van der Waals surface area contributed by atoms with E-state index in [0.717, 1.165) is 0 Å². The number of hydrogen-bond acceptors (Lipinski definition) is 5. The molecule has 0 fully saturated rings. The Balaban J connectivity index is 2.12. The van der Waals surface area contributed by atoms with Crippen LogP contribution in [-0.4, -0.2) is 41.8 Å². The average Bonchev–Trinajstić information content (AvgIpc) is 2.65. The highest BCUT2D eigenvalue weighted by atomic mass is 16.6. The van der Waals surface area contributed by atoms with Crippen LogP contribution in [0.4, 0.5) is 11.4 Å². The molecule has 8 nitrogen and oxygen atoms in total. The molecule has 0 saturated heterocycles. The van der Waals surface area contributed by atoms with Gasteiger partial charge < -0.3 is 15.0 Å². The number of methoxy groups -OCH3 is 1. The number of carbonyl (C=O) groups is 2. The number of nitro groups is 1. The van der Waals surface area contributed by atoms with Crippen LogP contribution in [0.3, 0.4) is 0 Å². The average molecular weight is 357 g/mol. The second kappa shape index (κ2) is 8.61. The molecule has 2 aromatic carbocycles. The molecule has 1 N–H and O–H groups in total. The maximum Gasteiger partial charge on any atom is 0.282 e. The molecule has 0 saturated carbocycles. The van der Waals surface area contributed by atoms with E-state index >= 15 is 0 Å². The number of nitrogens with one attached hydrogen (secondary N) is 1. The van der Waals surface area contributed by atoms with Crippen LogP contribution in [0.25, 0.3) is 0 Å². The standard InChI is InChI=1S/C18H19N3O5/c1-3-20(18(23)15-9-4-5-10-16(15)21(24)25)12-17(22)19-13-7-6-8-14(11-13)26-2/h4-11H,3,12H2,1-2H3,(H,19,22). The fraction of sp³-hybridized carbons (Fsp3) is 0.222. The van der Waals surface area contributed by atoms with Crippen molar-refractivity contribution in [1.29, 1.82) is 0 Å². The van der Waals surface area contributed by atoms with Crippen molar-refractivity contribution in [2.24, 2.45) is 0 Å². The van der Waals surface area contributed by atoms with E-state index < -0.39 is 16.7 Å². The van der Waals surface area contributed by atoms with Gasteiger partial charge in [0.25, 0.3) is 11.6 Å². The van der Waals surface area contributed by atoms with Crippen molar-refractivity contribution in [1.82, 2.24) is 4.90 Å². The molecule has 136 valence electrons. The summed E-state index contributed by atoms with van der Waals surface area (Å²) in [7, 11) is 1.52. The molecule has 8 heteroatoms. The molecule has 2 rings (SSSR count). The van der Waals surface area contributed by atoms with Crippen molar-refractivity contribution in [3.05, 3.63) is 64.2 Å². The highest BCUT2D eigenvalue weighted by Gasteiger charge is 2.24. The highest BCUT2D eigenvalue weighted by Crippen LogP contribution is 2.20. The van der Waals surface area contributed by atoms with Gasteiger partial charge >= 0.3 is 0 Å². The third-order valence-electron chi connectivity index (χ3n) is 3.69. The molecule has 26 heavy (non-hydrogen) atoms. The summed E-state index contributed by atoms with van der Waals surface area (Å²) >= 11 is 0. The lowest BCUT2D eigenvalue weighted by Crippen LogP contribution is -2.38. The molecule has 0 aliphatic heterocycles. The Hall–Kier alpha value is -3.42. The second-order valence-electron chi connectivity index (χ2n) is 5.37. The smallest absolute Gasteiger partial charge is 0.282 e. The van der Waals surface area contributed by atoms with Gasteiger partial charge in [0.05, 0.1) is 12.0 Å². The Kier molecular flexibility index (Phi) is 6.26. The Bertz CT molecular complexity index is 822. The first-order valence-electron chi connectivity index (χ1n) is 7.92. The molecule has 0 aliphatic rings. The molecular formula is C18H19N3O5. The molecule has 0 radical (unpaired) electrons. The summed E-state index contributed by atoms with van der Waals surface area (Å²) in [6, 6.07) is 12.5. The number of anilines is 1. The third-order valence-corrected chi connectivity index (χ3v) is 3.69. The summed E-state index contributed by atoms with van der Waals surface area (Å²) in [5.74, 6) is -0.390. The van der Waals surface area contributed by atoms with E-state index in [1.165, 1.54) is 30.2 Å². The number of likely N-dealkylation sites (N-methyl/N-ethyl adjacent to an activating group) is 1. The fourth-order valence-electron chi connectivity index (χ4n) is 2.39. The van der Waals surface area contributed by atoms with E-state index in [4.69, 9.17) is 4.74 Å². The SMILES string of the molecule is CCN(CC(=O)Nc1cccc(OC)c1)C(=O)c1ccccc1[N+](=O)[O-]. The molecule has 2 aromatic rings. The minimum absolute atomic E-state index is 0.0477. The molecule has 0 aromatic heterocycles. The van der Waals surface area contributed by atoms with Gasteiger partial charge in [-0.15, -0.1) is 0 Å². The van der Waals surface area contributed by atoms with E-state index in [2.05, 4.69) is 5.32 Å². The number of carbonyl (C=O) groups excluding carboxylic acids is 2. The first-order chi connectivity index (χ1) is 12.5. The minimum Gasteiger partial charge on any atom is -0.497 e. The minimum atomic E-state index is -0.614. The maximum absolute atomic E-state index is 12.6. The van der Waals surface area contributed by atoms with Gasteiger partial charge in [-0.05, 0) is 25.1 Å². The number of para-hydroxylation sites is 1. The zero-order valence-electron chi connectivity index (χ0n) is 14.5. The van der Waals surface area contributed by atoms with Gasteiger partial charge in [0.2, 0.25) is 5.91 Å². The molecule has 0 unspecified atom stereocenters. The van der Waals surface area contributed by atoms with E-state index in [-0.39, 0.29) is 24.3 Å². The van der Waals surface area contributed by atoms with Gasteiger partial charge in [0, 0.05) is 24.4 Å². The van der Waals surface area contributed by atoms with Crippen molar-refractivity contribution in [2.75, 3.05) is 25.5 Å². The highest BCUT2D eigenvalue weighted by molar-refractivity contribution is 6.01. The van der Waals surface area contributed by atoms with E-state index in [1.54, 1.807) is 37.3 Å². The molecular weight excluding hydrogens is 338 g/mol. The van der Waals surface area contributed by atoms with Crippen molar-refractivity contribution in [3.8, 4) is 5.75 Å². The second-order valence-corrected chi connectivity index (χ2v) is 5.37. The lowest BCUT2D eigenvalue weighted by Gasteiger charge is -2.20. The van der Waals surface area contributed by atoms with Gasteiger partial charge in [-0.1, -0.05) is 18.2 Å². The van der Waals surface area contributed by atoms with Crippen molar-refractivity contribution in [3.63, 3.8) is 0 Å². The Morgan fingerprint density at radius 2 is 1.92 bits per heavy atom. The van der Waals surface area contributed by atoms with E-state index in [9.17, 15) is 19.7 Å². The molecule has 0 spiro atoms. The zero-order valence-corrected chi connectivity index (χ0v) is 14.5.